The second-order valence-corrected chi connectivity index (χ2v) is 1.83. The molecule has 0 radical (unpaired) electrons. The molecular weight excluding hydrogens is 128 g/mol. The van der Waals surface area contributed by atoms with Gasteiger partial charge in [-0.25, -0.2) is 4.98 Å². The van der Waals surface area contributed by atoms with E-state index in [1.807, 2.05) is 6.07 Å². The van der Waals surface area contributed by atoms with Crippen molar-refractivity contribution in [3.05, 3.63) is 17.7 Å². The quantitative estimate of drug-likeness (QED) is 0.552. The Kier molecular flexibility index (Phi) is 1.90. The molecule has 0 spiro atoms. The van der Waals surface area contributed by atoms with Crippen molar-refractivity contribution in [2.24, 2.45) is 0 Å². The van der Waals surface area contributed by atoms with Crippen molar-refractivity contribution < 1.29 is 0 Å². The average Bonchev–Trinajstić information content (AvgIpc) is 1.94. The predicted molar refractivity (Wildman–Crippen MR) is 33.9 cm³/mol. The summed E-state index contributed by atoms with van der Waals surface area (Å²) < 4.78 is 0. The molecule has 0 aliphatic carbocycles. The summed E-state index contributed by atoms with van der Waals surface area (Å²) in [6, 6.07) is 1.98. The molecule has 1 aromatic rings. The van der Waals surface area contributed by atoms with Crippen LogP contribution in [-0.4, -0.2) is 15.2 Å². The van der Waals surface area contributed by atoms with E-state index in [0.717, 1.165) is 5.69 Å². The molecule has 0 atom stereocenters. The fraction of sp³-hybridized carbons (Fsp3) is 0.333. The molecule has 0 saturated carbocycles. The molecule has 4 nitrogen and oxygen atoms in total. The second-order valence-electron chi connectivity index (χ2n) is 1.83. The lowest BCUT2D eigenvalue weighted by Crippen LogP contribution is -1.97. The van der Waals surface area contributed by atoms with E-state index in [0.29, 0.717) is 5.69 Å². The summed E-state index contributed by atoms with van der Waals surface area (Å²) in [6.07, 6.45) is 1.66. The summed E-state index contributed by atoms with van der Waals surface area (Å²) in [5, 5.41) is 15.6. The molecule has 0 bridgehead atoms. The maximum Gasteiger partial charge on any atom is 0.138 e. The molecule has 0 aliphatic heterocycles. The Morgan fingerprint density at radius 3 is 3.10 bits per heavy atom. The van der Waals surface area contributed by atoms with Crippen LogP contribution in [0.1, 0.15) is 11.4 Å². The number of nitrogens with zero attached hydrogens (tertiary/aromatic N) is 4. The number of nitriles is 1. The van der Waals surface area contributed by atoms with Gasteiger partial charge >= 0.3 is 0 Å². The lowest BCUT2D eigenvalue weighted by Gasteiger charge is -1.93. The van der Waals surface area contributed by atoms with Crippen LogP contribution in [0.2, 0.25) is 0 Å². The third-order valence-electron chi connectivity index (χ3n) is 1.15. The fourth-order valence-electron chi connectivity index (χ4n) is 0.593. The number of hydrogen-bond donors (Lipinski definition) is 0. The zero-order chi connectivity index (χ0) is 7.40. The largest absolute Gasteiger partial charge is 0.238 e. The highest BCUT2D eigenvalue weighted by atomic mass is 15.1. The van der Waals surface area contributed by atoms with Gasteiger partial charge < -0.3 is 0 Å². The van der Waals surface area contributed by atoms with E-state index in [2.05, 4.69) is 15.2 Å². The Balaban J connectivity index is 2.94. The van der Waals surface area contributed by atoms with Crippen molar-refractivity contribution in [2.75, 3.05) is 0 Å². The van der Waals surface area contributed by atoms with Gasteiger partial charge in [-0.15, -0.1) is 5.10 Å². The van der Waals surface area contributed by atoms with Crippen LogP contribution < -0.4 is 0 Å². The van der Waals surface area contributed by atoms with Gasteiger partial charge in [0.2, 0.25) is 0 Å². The molecule has 50 valence electrons. The maximum absolute atomic E-state index is 8.30. The van der Waals surface area contributed by atoms with Crippen LogP contribution in [0.5, 0.6) is 0 Å². The van der Waals surface area contributed by atoms with Crippen LogP contribution in [0.25, 0.3) is 0 Å². The van der Waals surface area contributed by atoms with Crippen LogP contribution in [-0.2, 0) is 6.42 Å². The van der Waals surface area contributed by atoms with Gasteiger partial charge in [0.05, 0.1) is 23.9 Å². The molecule has 0 N–H and O–H groups in total. The van der Waals surface area contributed by atoms with Crippen LogP contribution in [0, 0.1) is 18.3 Å². The Bertz CT molecular complexity index is 263. The molecule has 1 heterocycles. The van der Waals surface area contributed by atoms with Crippen molar-refractivity contribution in [2.45, 2.75) is 13.3 Å². The van der Waals surface area contributed by atoms with E-state index in [4.69, 9.17) is 5.26 Å². The first kappa shape index (κ1) is 6.62. The lowest BCUT2D eigenvalue weighted by atomic mass is 10.3. The molecule has 0 amide bonds. The van der Waals surface area contributed by atoms with Crippen LogP contribution in [0.15, 0.2) is 6.33 Å². The van der Waals surface area contributed by atoms with Crippen molar-refractivity contribution >= 4 is 0 Å². The Morgan fingerprint density at radius 2 is 2.50 bits per heavy atom. The fourth-order valence-corrected chi connectivity index (χ4v) is 0.593. The van der Waals surface area contributed by atoms with E-state index in [9.17, 15) is 0 Å². The molecule has 0 aliphatic rings. The van der Waals surface area contributed by atoms with Crippen molar-refractivity contribution in [3.8, 4) is 6.07 Å². The summed E-state index contributed by atoms with van der Waals surface area (Å²) in [5.74, 6) is 0. The van der Waals surface area contributed by atoms with E-state index < -0.39 is 0 Å². The summed E-state index contributed by atoms with van der Waals surface area (Å²) in [4.78, 5) is 3.87. The van der Waals surface area contributed by atoms with Crippen LogP contribution >= 0.6 is 0 Å². The Morgan fingerprint density at radius 1 is 1.70 bits per heavy atom. The molecule has 4 heteroatoms. The first-order chi connectivity index (χ1) is 4.84. The third-order valence-corrected chi connectivity index (χ3v) is 1.15. The molecule has 0 fully saturated rings. The lowest BCUT2D eigenvalue weighted by molar-refractivity contribution is 0.873. The van der Waals surface area contributed by atoms with Crippen molar-refractivity contribution in [3.63, 3.8) is 0 Å². The van der Waals surface area contributed by atoms with E-state index >= 15 is 0 Å². The standard InChI is InChI=1S/C6H6N4/c1-5-6(2-3-7)10-9-4-8-5/h4H,2H2,1H3. The normalized spacial score (nSPS) is 8.80. The average molecular weight is 134 g/mol. The number of rotatable bonds is 1. The SMILES string of the molecule is Cc1ncnnc1CC#N. The highest BCUT2D eigenvalue weighted by Gasteiger charge is 1.97. The highest BCUT2D eigenvalue weighted by molar-refractivity contribution is 5.10. The molecule has 0 unspecified atom stereocenters. The van der Waals surface area contributed by atoms with Gasteiger partial charge in [0.1, 0.15) is 6.33 Å². The molecular formula is C6H6N4. The van der Waals surface area contributed by atoms with Gasteiger partial charge in [-0.1, -0.05) is 0 Å². The zero-order valence-corrected chi connectivity index (χ0v) is 5.57. The third kappa shape index (κ3) is 1.26. The van der Waals surface area contributed by atoms with Crippen LogP contribution in [0.4, 0.5) is 0 Å². The number of hydrogen-bond acceptors (Lipinski definition) is 4. The number of aromatic nitrogens is 3. The topological polar surface area (TPSA) is 62.5 Å². The van der Waals surface area contributed by atoms with E-state index in [1.165, 1.54) is 6.33 Å². The molecule has 0 saturated heterocycles. The Hall–Kier alpha value is -1.50. The summed E-state index contributed by atoms with van der Waals surface area (Å²) >= 11 is 0. The minimum absolute atomic E-state index is 0.284. The maximum atomic E-state index is 8.30. The first-order valence-corrected chi connectivity index (χ1v) is 2.84. The smallest absolute Gasteiger partial charge is 0.138 e. The monoisotopic (exact) mass is 134 g/mol. The van der Waals surface area contributed by atoms with Gasteiger partial charge in [0, 0.05) is 0 Å². The summed E-state index contributed by atoms with van der Waals surface area (Å²) in [6.45, 7) is 1.81. The Labute approximate surface area is 58.5 Å². The van der Waals surface area contributed by atoms with E-state index in [1.54, 1.807) is 6.92 Å². The van der Waals surface area contributed by atoms with Crippen molar-refractivity contribution in [1.29, 1.82) is 5.26 Å². The molecule has 0 aromatic carbocycles. The van der Waals surface area contributed by atoms with Gasteiger partial charge in [-0.05, 0) is 6.92 Å². The molecule has 1 aromatic heterocycles. The summed E-state index contributed by atoms with van der Waals surface area (Å²) in [5.41, 5.74) is 1.43. The minimum Gasteiger partial charge on any atom is -0.238 e. The zero-order valence-electron chi connectivity index (χ0n) is 5.57. The summed E-state index contributed by atoms with van der Waals surface area (Å²) in [7, 11) is 0. The van der Waals surface area contributed by atoms with E-state index in [-0.39, 0.29) is 6.42 Å². The van der Waals surface area contributed by atoms with Crippen molar-refractivity contribution in [1.82, 2.24) is 15.2 Å². The van der Waals surface area contributed by atoms with Gasteiger partial charge in [0.15, 0.2) is 0 Å². The second kappa shape index (κ2) is 2.87. The predicted octanol–water partition coefficient (Wildman–Crippen LogP) is 0.246. The van der Waals surface area contributed by atoms with Gasteiger partial charge in [-0.3, -0.25) is 0 Å². The first-order valence-electron chi connectivity index (χ1n) is 2.84. The molecule has 1 rings (SSSR count). The van der Waals surface area contributed by atoms with Gasteiger partial charge in [0.25, 0.3) is 0 Å². The van der Waals surface area contributed by atoms with Gasteiger partial charge in [-0.2, -0.15) is 10.4 Å². The highest BCUT2D eigenvalue weighted by Crippen LogP contribution is 1.96. The number of aryl methyl sites for hydroxylation is 1. The molecule has 10 heavy (non-hydrogen) atoms. The van der Waals surface area contributed by atoms with Crippen LogP contribution in [0.3, 0.4) is 0 Å². The minimum atomic E-state index is 0.284.